The van der Waals surface area contributed by atoms with E-state index in [4.69, 9.17) is 13.9 Å². The zero-order chi connectivity index (χ0) is 20.8. The minimum atomic E-state index is -0.771. The van der Waals surface area contributed by atoms with Crippen molar-refractivity contribution in [3.05, 3.63) is 77.2 Å². The lowest BCUT2D eigenvalue weighted by molar-refractivity contribution is 0.0621. The standard InChI is InChI=1S/C23H25NO5/c1-15-6-7-16(2)22(17(15)3)29-14-19(25)13-28-20-10-8-18(9-11-20)24-23(26)21-5-4-12-27-21/h4-12,19,25H,13-14H2,1-3H3,(H,24,26)/t19-/m0/s1. The fourth-order valence-corrected chi connectivity index (χ4v) is 2.80. The van der Waals surface area contributed by atoms with Crippen LogP contribution in [0, 0.1) is 20.8 Å². The number of ether oxygens (including phenoxy) is 2. The quantitative estimate of drug-likeness (QED) is 0.595. The summed E-state index contributed by atoms with van der Waals surface area (Å²) in [4.78, 5) is 11.9. The van der Waals surface area contributed by atoms with Gasteiger partial charge in [-0.25, -0.2) is 0 Å². The van der Waals surface area contributed by atoms with Crippen molar-refractivity contribution in [2.45, 2.75) is 26.9 Å². The summed E-state index contributed by atoms with van der Waals surface area (Å²) in [6, 6.07) is 14.2. The summed E-state index contributed by atoms with van der Waals surface area (Å²) >= 11 is 0. The summed E-state index contributed by atoms with van der Waals surface area (Å²) in [5.41, 5.74) is 3.88. The molecule has 6 nitrogen and oxygen atoms in total. The fraction of sp³-hybridized carbons (Fsp3) is 0.261. The summed E-state index contributed by atoms with van der Waals surface area (Å²) in [7, 11) is 0. The third-order valence-corrected chi connectivity index (χ3v) is 4.59. The van der Waals surface area contributed by atoms with Crippen LogP contribution in [0.5, 0.6) is 11.5 Å². The first-order valence-corrected chi connectivity index (χ1v) is 9.39. The molecular formula is C23H25NO5. The largest absolute Gasteiger partial charge is 0.491 e. The van der Waals surface area contributed by atoms with Gasteiger partial charge in [0.2, 0.25) is 0 Å². The highest BCUT2D eigenvalue weighted by molar-refractivity contribution is 6.02. The normalized spacial score (nSPS) is 11.7. The summed E-state index contributed by atoms with van der Waals surface area (Å²) in [5.74, 6) is 1.31. The predicted octanol–water partition coefficient (Wildman–Crippen LogP) is 4.28. The minimum absolute atomic E-state index is 0.0992. The summed E-state index contributed by atoms with van der Waals surface area (Å²) < 4.78 is 16.5. The Morgan fingerprint density at radius 2 is 1.69 bits per heavy atom. The van der Waals surface area contributed by atoms with Gasteiger partial charge in [0, 0.05) is 5.69 Å². The van der Waals surface area contributed by atoms with E-state index in [1.54, 1.807) is 36.4 Å². The molecule has 6 heteroatoms. The van der Waals surface area contributed by atoms with Crippen molar-refractivity contribution in [1.29, 1.82) is 0 Å². The van der Waals surface area contributed by atoms with E-state index in [1.807, 2.05) is 26.8 Å². The van der Waals surface area contributed by atoms with E-state index in [0.29, 0.717) is 11.4 Å². The molecule has 0 aliphatic rings. The number of hydrogen-bond acceptors (Lipinski definition) is 5. The molecule has 2 N–H and O–H groups in total. The Labute approximate surface area is 170 Å². The van der Waals surface area contributed by atoms with Gasteiger partial charge in [0.15, 0.2) is 5.76 Å². The number of carbonyl (C=O) groups is 1. The smallest absolute Gasteiger partial charge is 0.291 e. The van der Waals surface area contributed by atoms with Gasteiger partial charge >= 0.3 is 0 Å². The van der Waals surface area contributed by atoms with Crippen LogP contribution < -0.4 is 14.8 Å². The van der Waals surface area contributed by atoms with Crippen molar-refractivity contribution in [3.63, 3.8) is 0 Å². The summed E-state index contributed by atoms with van der Waals surface area (Å²) in [5, 5.41) is 12.9. The van der Waals surface area contributed by atoms with Crippen LogP contribution in [0.2, 0.25) is 0 Å². The molecule has 152 valence electrons. The second-order valence-corrected chi connectivity index (χ2v) is 6.89. The second-order valence-electron chi connectivity index (χ2n) is 6.89. The van der Waals surface area contributed by atoms with Crippen LogP contribution >= 0.6 is 0 Å². The van der Waals surface area contributed by atoms with E-state index >= 15 is 0 Å². The molecule has 0 aliphatic carbocycles. The number of benzene rings is 2. The van der Waals surface area contributed by atoms with Crippen LogP contribution in [0.3, 0.4) is 0 Å². The predicted molar refractivity (Wildman–Crippen MR) is 111 cm³/mol. The number of anilines is 1. The van der Waals surface area contributed by atoms with E-state index < -0.39 is 6.10 Å². The Bertz CT molecular complexity index is 948. The molecule has 0 aliphatic heterocycles. The molecule has 1 aromatic heterocycles. The molecule has 2 aromatic carbocycles. The molecule has 29 heavy (non-hydrogen) atoms. The highest BCUT2D eigenvalue weighted by Gasteiger charge is 2.12. The summed E-state index contributed by atoms with van der Waals surface area (Å²) in [6.07, 6.45) is 0.676. The third-order valence-electron chi connectivity index (χ3n) is 4.59. The Morgan fingerprint density at radius 3 is 2.38 bits per heavy atom. The maximum atomic E-state index is 11.9. The number of amides is 1. The lowest BCUT2D eigenvalue weighted by Gasteiger charge is -2.17. The van der Waals surface area contributed by atoms with Gasteiger partial charge in [-0.05, 0) is 73.9 Å². The van der Waals surface area contributed by atoms with Gasteiger partial charge in [-0.15, -0.1) is 0 Å². The third kappa shape index (κ3) is 5.39. The molecule has 1 heterocycles. The van der Waals surface area contributed by atoms with Gasteiger partial charge in [0.05, 0.1) is 6.26 Å². The molecule has 1 amide bonds. The number of carbonyl (C=O) groups excluding carboxylic acids is 1. The lowest BCUT2D eigenvalue weighted by atomic mass is 10.1. The van der Waals surface area contributed by atoms with Crippen LogP contribution in [0.15, 0.2) is 59.2 Å². The first-order chi connectivity index (χ1) is 13.9. The number of nitrogens with one attached hydrogen (secondary N) is 1. The van der Waals surface area contributed by atoms with Gasteiger partial charge in [-0.2, -0.15) is 0 Å². The van der Waals surface area contributed by atoms with Crippen molar-refractivity contribution in [2.75, 3.05) is 18.5 Å². The molecule has 3 rings (SSSR count). The highest BCUT2D eigenvalue weighted by atomic mass is 16.5. The van der Waals surface area contributed by atoms with Crippen molar-refractivity contribution >= 4 is 11.6 Å². The van der Waals surface area contributed by atoms with Gasteiger partial charge in [0.25, 0.3) is 5.91 Å². The van der Waals surface area contributed by atoms with E-state index in [9.17, 15) is 9.90 Å². The molecule has 0 spiro atoms. The summed E-state index contributed by atoms with van der Waals surface area (Å²) in [6.45, 7) is 6.26. The van der Waals surface area contributed by atoms with Crippen LogP contribution in [0.1, 0.15) is 27.2 Å². The van der Waals surface area contributed by atoms with Gasteiger partial charge in [0.1, 0.15) is 30.8 Å². The maximum Gasteiger partial charge on any atom is 0.291 e. The Kier molecular flexibility index (Phi) is 6.57. The molecule has 0 bridgehead atoms. The molecule has 3 aromatic rings. The van der Waals surface area contributed by atoms with Crippen LogP contribution in [0.4, 0.5) is 5.69 Å². The van der Waals surface area contributed by atoms with E-state index in [2.05, 4.69) is 11.4 Å². The van der Waals surface area contributed by atoms with Crippen molar-refractivity contribution in [2.24, 2.45) is 0 Å². The Hall–Kier alpha value is -3.25. The molecule has 0 saturated carbocycles. The number of hydrogen-bond donors (Lipinski definition) is 2. The second kappa shape index (κ2) is 9.30. The fourth-order valence-electron chi connectivity index (χ4n) is 2.80. The highest BCUT2D eigenvalue weighted by Crippen LogP contribution is 2.26. The molecule has 0 radical (unpaired) electrons. The first-order valence-electron chi connectivity index (χ1n) is 9.39. The SMILES string of the molecule is Cc1ccc(C)c(OC[C@@H](O)COc2ccc(NC(=O)c3ccco3)cc2)c1C. The van der Waals surface area contributed by atoms with Crippen molar-refractivity contribution in [3.8, 4) is 11.5 Å². The average molecular weight is 395 g/mol. The topological polar surface area (TPSA) is 80.9 Å². The lowest BCUT2D eigenvalue weighted by Crippen LogP contribution is -2.25. The monoisotopic (exact) mass is 395 g/mol. The first kappa shape index (κ1) is 20.5. The van der Waals surface area contributed by atoms with Crippen LogP contribution in [-0.2, 0) is 0 Å². The van der Waals surface area contributed by atoms with E-state index in [-0.39, 0.29) is 24.9 Å². The van der Waals surface area contributed by atoms with Crippen LogP contribution in [0.25, 0.3) is 0 Å². The zero-order valence-electron chi connectivity index (χ0n) is 16.8. The Balaban J connectivity index is 1.47. The van der Waals surface area contributed by atoms with Gasteiger partial charge in [-0.1, -0.05) is 12.1 Å². The molecular weight excluding hydrogens is 370 g/mol. The maximum absolute atomic E-state index is 11.9. The average Bonchev–Trinajstić information content (AvgIpc) is 3.25. The number of aliphatic hydroxyl groups excluding tert-OH is 1. The van der Waals surface area contributed by atoms with Crippen molar-refractivity contribution < 1.29 is 23.8 Å². The number of aliphatic hydroxyl groups is 1. The van der Waals surface area contributed by atoms with Crippen LogP contribution in [-0.4, -0.2) is 30.3 Å². The molecule has 0 unspecified atom stereocenters. The molecule has 0 fully saturated rings. The minimum Gasteiger partial charge on any atom is -0.491 e. The van der Waals surface area contributed by atoms with E-state index in [1.165, 1.54) is 6.26 Å². The molecule has 0 saturated heterocycles. The van der Waals surface area contributed by atoms with Crippen molar-refractivity contribution in [1.82, 2.24) is 0 Å². The Morgan fingerprint density at radius 1 is 1.00 bits per heavy atom. The molecule has 1 atom stereocenters. The number of furan rings is 1. The number of aryl methyl sites for hydroxylation is 2. The van der Waals surface area contributed by atoms with Gasteiger partial charge in [-0.3, -0.25) is 4.79 Å². The van der Waals surface area contributed by atoms with Gasteiger partial charge < -0.3 is 24.3 Å². The zero-order valence-corrected chi connectivity index (χ0v) is 16.8. The van der Waals surface area contributed by atoms with E-state index in [0.717, 1.165) is 22.4 Å². The number of rotatable bonds is 8.